The highest BCUT2D eigenvalue weighted by atomic mass is 35.5. The van der Waals surface area contributed by atoms with Crippen LogP contribution in [0.4, 0.5) is 0 Å². The topological polar surface area (TPSA) is 52.0 Å². The van der Waals surface area contributed by atoms with Crippen LogP contribution in [0.1, 0.15) is 24.8 Å². The predicted octanol–water partition coefficient (Wildman–Crippen LogP) is 3.02. The third kappa shape index (κ3) is 3.36. The lowest BCUT2D eigenvalue weighted by molar-refractivity contribution is 0.465. The van der Waals surface area contributed by atoms with Crippen LogP contribution in [-0.2, 0) is 0 Å². The summed E-state index contributed by atoms with van der Waals surface area (Å²) in [5.74, 6) is 0.661. The molecule has 16 heavy (non-hydrogen) atoms. The van der Waals surface area contributed by atoms with Crippen molar-refractivity contribution in [1.29, 1.82) is 0 Å². The van der Waals surface area contributed by atoms with E-state index in [-0.39, 0.29) is 0 Å². The molecule has 0 radical (unpaired) electrons. The van der Waals surface area contributed by atoms with Crippen molar-refractivity contribution in [3.05, 3.63) is 33.8 Å². The predicted molar refractivity (Wildman–Crippen MR) is 71.1 cm³/mol. The van der Waals surface area contributed by atoms with Crippen LogP contribution in [0.3, 0.4) is 0 Å². The van der Waals surface area contributed by atoms with Gasteiger partial charge in [0.15, 0.2) is 0 Å². The standard InChI is InChI=1S/C12H18Cl2N2/c1-8(5-9(6-15)7-16)10-3-2-4-11(13)12(10)14/h2-4,8-9H,5-7,15-16H2,1H3. The van der Waals surface area contributed by atoms with Crippen molar-refractivity contribution in [2.45, 2.75) is 19.3 Å². The number of benzene rings is 1. The Balaban J connectivity index is 2.80. The van der Waals surface area contributed by atoms with E-state index in [1.165, 1.54) is 0 Å². The molecular weight excluding hydrogens is 243 g/mol. The zero-order valence-electron chi connectivity index (χ0n) is 9.42. The van der Waals surface area contributed by atoms with E-state index in [0.29, 0.717) is 35.0 Å². The summed E-state index contributed by atoms with van der Waals surface area (Å²) in [6.45, 7) is 3.34. The Hall–Kier alpha value is -0.280. The van der Waals surface area contributed by atoms with Gasteiger partial charge in [0.1, 0.15) is 0 Å². The van der Waals surface area contributed by atoms with E-state index in [0.717, 1.165) is 12.0 Å². The summed E-state index contributed by atoms with van der Waals surface area (Å²) in [5.41, 5.74) is 12.3. The maximum absolute atomic E-state index is 6.16. The van der Waals surface area contributed by atoms with E-state index < -0.39 is 0 Å². The molecule has 4 heteroatoms. The summed E-state index contributed by atoms with van der Waals surface area (Å²) in [7, 11) is 0. The molecule has 0 spiro atoms. The first-order valence-electron chi connectivity index (χ1n) is 5.44. The lowest BCUT2D eigenvalue weighted by Crippen LogP contribution is -2.24. The van der Waals surface area contributed by atoms with Gasteiger partial charge in [-0.2, -0.15) is 0 Å². The van der Waals surface area contributed by atoms with Crippen LogP contribution < -0.4 is 11.5 Å². The van der Waals surface area contributed by atoms with Crippen molar-refractivity contribution in [1.82, 2.24) is 0 Å². The maximum Gasteiger partial charge on any atom is 0.0626 e. The Labute approximate surface area is 107 Å². The fourth-order valence-corrected chi connectivity index (χ4v) is 2.31. The van der Waals surface area contributed by atoms with Crippen molar-refractivity contribution < 1.29 is 0 Å². The average Bonchev–Trinajstić information content (AvgIpc) is 2.29. The van der Waals surface area contributed by atoms with Crippen LogP contribution in [-0.4, -0.2) is 13.1 Å². The zero-order chi connectivity index (χ0) is 12.1. The summed E-state index contributed by atoms with van der Waals surface area (Å²) >= 11 is 12.1. The summed E-state index contributed by atoms with van der Waals surface area (Å²) in [6, 6.07) is 5.71. The molecule has 0 aliphatic heterocycles. The van der Waals surface area contributed by atoms with Crippen molar-refractivity contribution in [3.8, 4) is 0 Å². The van der Waals surface area contributed by atoms with Gasteiger partial charge in [-0.1, -0.05) is 42.3 Å². The molecule has 1 aromatic carbocycles. The molecule has 90 valence electrons. The molecule has 0 amide bonds. The van der Waals surface area contributed by atoms with Crippen molar-refractivity contribution in [2.75, 3.05) is 13.1 Å². The lowest BCUT2D eigenvalue weighted by atomic mass is 9.90. The maximum atomic E-state index is 6.16. The quantitative estimate of drug-likeness (QED) is 0.856. The SMILES string of the molecule is CC(CC(CN)CN)c1cccc(Cl)c1Cl. The molecule has 0 aliphatic carbocycles. The minimum atomic E-state index is 0.322. The highest BCUT2D eigenvalue weighted by molar-refractivity contribution is 6.42. The number of halogens is 2. The van der Waals surface area contributed by atoms with Crippen LogP contribution in [0, 0.1) is 5.92 Å². The number of hydrogen-bond donors (Lipinski definition) is 2. The van der Waals surface area contributed by atoms with E-state index in [1.54, 1.807) is 6.07 Å². The second-order valence-electron chi connectivity index (χ2n) is 4.12. The number of nitrogens with two attached hydrogens (primary N) is 2. The van der Waals surface area contributed by atoms with Gasteiger partial charge in [0.2, 0.25) is 0 Å². The van der Waals surface area contributed by atoms with E-state index in [9.17, 15) is 0 Å². The molecule has 4 N–H and O–H groups in total. The minimum Gasteiger partial charge on any atom is -0.330 e. The molecule has 0 saturated heterocycles. The van der Waals surface area contributed by atoms with Crippen LogP contribution in [0.25, 0.3) is 0 Å². The summed E-state index contributed by atoms with van der Waals surface area (Å²) in [4.78, 5) is 0. The van der Waals surface area contributed by atoms with Crippen LogP contribution in [0.2, 0.25) is 10.0 Å². The van der Waals surface area contributed by atoms with E-state index in [1.807, 2.05) is 12.1 Å². The Bertz CT molecular complexity index is 338. The molecular formula is C12H18Cl2N2. The third-order valence-corrected chi connectivity index (χ3v) is 3.70. The van der Waals surface area contributed by atoms with Crippen molar-refractivity contribution in [2.24, 2.45) is 17.4 Å². The highest BCUT2D eigenvalue weighted by Crippen LogP contribution is 2.33. The Morgan fingerprint density at radius 3 is 2.38 bits per heavy atom. The molecule has 1 unspecified atom stereocenters. The van der Waals surface area contributed by atoms with Gasteiger partial charge in [-0.25, -0.2) is 0 Å². The molecule has 0 bridgehead atoms. The van der Waals surface area contributed by atoms with E-state index in [4.69, 9.17) is 34.7 Å². The van der Waals surface area contributed by atoms with E-state index in [2.05, 4.69) is 6.92 Å². The molecule has 1 atom stereocenters. The Kier molecular flexibility index (Phi) is 5.56. The van der Waals surface area contributed by atoms with Gasteiger partial charge in [-0.15, -0.1) is 0 Å². The molecule has 0 saturated carbocycles. The molecule has 1 aromatic rings. The number of rotatable bonds is 5. The smallest absolute Gasteiger partial charge is 0.0626 e. The van der Waals surface area contributed by atoms with Gasteiger partial charge < -0.3 is 11.5 Å². The molecule has 0 aliphatic rings. The third-order valence-electron chi connectivity index (χ3n) is 2.87. The monoisotopic (exact) mass is 260 g/mol. The summed E-state index contributed by atoms with van der Waals surface area (Å²) in [5, 5.41) is 1.24. The first-order chi connectivity index (χ1) is 7.60. The largest absolute Gasteiger partial charge is 0.330 e. The second kappa shape index (κ2) is 6.45. The van der Waals surface area contributed by atoms with Crippen molar-refractivity contribution >= 4 is 23.2 Å². The van der Waals surface area contributed by atoms with Crippen LogP contribution in [0.15, 0.2) is 18.2 Å². The van der Waals surface area contributed by atoms with Crippen LogP contribution in [0.5, 0.6) is 0 Å². The normalized spacial score (nSPS) is 13.1. The van der Waals surface area contributed by atoms with Gasteiger partial charge >= 0.3 is 0 Å². The van der Waals surface area contributed by atoms with E-state index >= 15 is 0 Å². The molecule has 0 heterocycles. The molecule has 0 fully saturated rings. The summed E-state index contributed by atoms with van der Waals surface area (Å²) in [6.07, 6.45) is 0.938. The molecule has 1 rings (SSSR count). The highest BCUT2D eigenvalue weighted by Gasteiger charge is 2.15. The minimum absolute atomic E-state index is 0.322. The molecule has 2 nitrogen and oxygen atoms in total. The Morgan fingerprint density at radius 1 is 1.19 bits per heavy atom. The van der Waals surface area contributed by atoms with Crippen LogP contribution >= 0.6 is 23.2 Å². The second-order valence-corrected chi connectivity index (χ2v) is 4.90. The average molecular weight is 261 g/mol. The van der Waals surface area contributed by atoms with Gasteiger partial charge in [0, 0.05) is 0 Å². The lowest BCUT2D eigenvalue weighted by Gasteiger charge is -2.19. The van der Waals surface area contributed by atoms with Gasteiger partial charge in [0.05, 0.1) is 10.0 Å². The Morgan fingerprint density at radius 2 is 1.81 bits per heavy atom. The fourth-order valence-electron chi connectivity index (χ4n) is 1.82. The van der Waals surface area contributed by atoms with Crippen molar-refractivity contribution in [3.63, 3.8) is 0 Å². The fraction of sp³-hybridized carbons (Fsp3) is 0.500. The van der Waals surface area contributed by atoms with Gasteiger partial charge in [0.25, 0.3) is 0 Å². The first-order valence-corrected chi connectivity index (χ1v) is 6.19. The molecule has 0 aromatic heterocycles. The van der Waals surface area contributed by atoms with Gasteiger partial charge in [-0.05, 0) is 43.0 Å². The van der Waals surface area contributed by atoms with Gasteiger partial charge in [-0.3, -0.25) is 0 Å². The first kappa shape index (κ1) is 13.8. The zero-order valence-corrected chi connectivity index (χ0v) is 10.9. The number of hydrogen-bond acceptors (Lipinski definition) is 2. The summed E-state index contributed by atoms with van der Waals surface area (Å²) < 4.78 is 0.